The third kappa shape index (κ3) is 0.750. The van der Waals surface area contributed by atoms with E-state index >= 15 is 0 Å². The average Bonchev–Trinajstić information content (AvgIpc) is 2.58. The standard InChI is InChI=1S/C10H15N/c1-2-8-7-4-5-11-10(6-7)9(8)3-1/h1,3,7-11H,2,4-6H2/t7-,8+,9+,10+/m0/s1. The summed E-state index contributed by atoms with van der Waals surface area (Å²) >= 11 is 0. The van der Waals surface area contributed by atoms with Gasteiger partial charge in [0.1, 0.15) is 0 Å². The van der Waals surface area contributed by atoms with Gasteiger partial charge in [0.15, 0.2) is 0 Å². The molecule has 4 atom stereocenters. The molecule has 3 aliphatic rings. The van der Waals surface area contributed by atoms with E-state index in [0.717, 1.165) is 23.8 Å². The summed E-state index contributed by atoms with van der Waals surface area (Å²) in [6, 6.07) is 0.845. The Labute approximate surface area is 67.9 Å². The van der Waals surface area contributed by atoms with Crippen molar-refractivity contribution in [2.75, 3.05) is 6.54 Å². The Kier molecular flexibility index (Phi) is 1.19. The molecule has 0 amide bonds. The molecule has 1 aliphatic heterocycles. The molecule has 0 aromatic carbocycles. The van der Waals surface area contributed by atoms with E-state index in [-0.39, 0.29) is 0 Å². The molecule has 2 bridgehead atoms. The average molecular weight is 149 g/mol. The maximum Gasteiger partial charge on any atom is 0.0135 e. The van der Waals surface area contributed by atoms with Gasteiger partial charge in [-0.2, -0.15) is 0 Å². The predicted molar refractivity (Wildman–Crippen MR) is 45.3 cm³/mol. The van der Waals surface area contributed by atoms with Gasteiger partial charge in [-0.1, -0.05) is 12.2 Å². The first-order valence-electron chi connectivity index (χ1n) is 4.85. The van der Waals surface area contributed by atoms with Crippen molar-refractivity contribution >= 4 is 0 Å². The molecule has 3 rings (SSSR count). The van der Waals surface area contributed by atoms with E-state index in [2.05, 4.69) is 17.5 Å². The van der Waals surface area contributed by atoms with Gasteiger partial charge >= 0.3 is 0 Å². The van der Waals surface area contributed by atoms with Crippen molar-refractivity contribution < 1.29 is 0 Å². The van der Waals surface area contributed by atoms with Crippen LogP contribution in [0.4, 0.5) is 0 Å². The van der Waals surface area contributed by atoms with Gasteiger partial charge < -0.3 is 5.32 Å². The summed E-state index contributed by atoms with van der Waals surface area (Å²) < 4.78 is 0. The second-order valence-electron chi connectivity index (χ2n) is 4.25. The van der Waals surface area contributed by atoms with Crippen molar-refractivity contribution in [2.24, 2.45) is 17.8 Å². The van der Waals surface area contributed by atoms with E-state index in [0.29, 0.717) is 0 Å². The van der Waals surface area contributed by atoms with Gasteiger partial charge in [0.2, 0.25) is 0 Å². The number of rotatable bonds is 0. The van der Waals surface area contributed by atoms with E-state index in [1.165, 1.54) is 25.8 Å². The van der Waals surface area contributed by atoms with Crippen LogP contribution in [0, 0.1) is 17.8 Å². The van der Waals surface area contributed by atoms with Crippen molar-refractivity contribution in [3.8, 4) is 0 Å². The van der Waals surface area contributed by atoms with Crippen LogP contribution < -0.4 is 5.32 Å². The van der Waals surface area contributed by atoms with E-state index in [1.54, 1.807) is 0 Å². The maximum atomic E-state index is 3.63. The summed E-state index contributed by atoms with van der Waals surface area (Å²) in [5, 5.41) is 3.63. The summed E-state index contributed by atoms with van der Waals surface area (Å²) in [5.74, 6) is 2.98. The molecule has 1 N–H and O–H groups in total. The smallest absolute Gasteiger partial charge is 0.0135 e. The van der Waals surface area contributed by atoms with Crippen molar-refractivity contribution in [3.63, 3.8) is 0 Å². The summed E-state index contributed by atoms with van der Waals surface area (Å²) in [5.41, 5.74) is 0. The van der Waals surface area contributed by atoms with Gasteiger partial charge in [-0.05, 0) is 43.6 Å². The van der Waals surface area contributed by atoms with E-state index in [4.69, 9.17) is 0 Å². The number of hydrogen-bond donors (Lipinski definition) is 1. The zero-order valence-corrected chi connectivity index (χ0v) is 6.79. The van der Waals surface area contributed by atoms with Crippen molar-refractivity contribution in [3.05, 3.63) is 12.2 Å². The van der Waals surface area contributed by atoms with Crippen molar-refractivity contribution in [2.45, 2.75) is 25.3 Å². The highest BCUT2D eigenvalue weighted by molar-refractivity contribution is 5.13. The van der Waals surface area contributed by atoms with Gasteiger partial charge in [-0.25, -0.2) is 0 Å². The molecule has 1 saturated heterocycles. The first kappa shape index (κ1) is 6.24. The lowest BCUT2D eigenvalue weighted by Crippen LogP contribution is -2.35. The van der Waals surface area contributed by atoms with Gasteiger partial charge in [-0.3, -0.25) is 0 Å². The summed E-state index contributed by atoms with van der Waals surface area (Å²) in [6.07, 6.45) is 9.10. The largest absolute Gasteiger partial charge is 0.313 e. The van der Waals surface area contributed by atoms with Crippen LogP contribution in [0.3, 0.4) is 0 Å². The molecular weight excluding hydrogens is 134 g/mol. The second kappa shape index (κ2) is 2.10. The molecule has 1 saturated carbocycles. The van der Waals surface area contributed by atoms with Gasteiger partial charge in [-0.15, -0.1) is 0 Å². The molecule has 0 aromatic heterocycles. The topological polar surface area (TPSA) is 12.0 Å². The number of piperidine rings is 1. The van der Waals surface area contributed by atoms with Crippen molar-refractivity contribution in [1.82, 2.24) is 5.32 Å². The zero-order chi connectivity index (χ0) is 7.26. The number of fused-ring (bicyclic) bond motifs is 5. The lowest BCUT2D eigenvalue weighted by atomic mass is 9.89. The first-order chi connectivity index (χ1) is 5.45. The van der Waals surface area contributed by atoms with E-state index in [9.17, 15) is 0 Å². The van der Waals surface area contributed by atoms with Gasteiger partial charge in [0.25, 0.3) is 0 Å². The molecule has 0 aromatic rings. The Bertz CT molecular complexity index is 197. The van der Waals surface area contributed by atoms with E-state index < -0.39 is 0 Å². The van der Waals surface area contributed by atoms with Crippen molar-refractivity contribution in [1.29, 1.82) is 0 Å². The number of allylic oxidation sites excluding steroid dienone is 1. The lowest BCUT2D eigenvalue weighted by molar-refractivity contribution is 0.342. The fourth-order valence-corrected chi connectivity index (χ4v) is 3.30. The van der Waals surface area contributed by atoms with Gasteiger partial charge in [0.05, 0.1) is 0 Å². The van der Waals surface area contributed by atoms with Crippen LogP contribution in [-0.2, 0) is 0 Å². The minimum atomic E-state index is 0.845. The van der Waals surface area contributed by atoms with Crippen LogP contribution in [0.5, 0.6) is 0 Å². The summed E-state index contributed by atoms with van der Waals surface area (Å²) in [4.78, 5) is 0. The van der Waals surface area contributed by atoms with Crippen LogP contribution in [-0.4, -0.2) is 12.6 Å². The molecule has 60 valence electrons. The monoisotopic (exact) mass is 149 g/mol. The Hall–Kier alpha value is -0.300. The molecule has 0 unspecified atom stereocenters. The molecule has 1 nitrogen and oxygen atoms in total. The fourth-order valence-electron chi connectivity index (χ4n) is 3.30. The van der Waals surface area contributed by atoms with Crippen LogP contribution in [0.15, 0.2) is 12.2 Å². The van der Waals surface area contributed by atoms with Crippen LogP contribution in [0.25, 0.3) is 0 Å². The van der Waals surface area contributed by atoms with Gasteiger partial charge in [0, 0.05) is 6.04 Å². The summed E-state index contributed by atoms with van der Waals surface area (Å²) in [6.45, 7) is 1.27. The maximum absolute atomic E-state index is 3.63. The first-order valence-corrected chi connectivity index (χ1v) is 4.85. The lowest BCUT2D eigenvalue weighted by Gasteiger charge is -2.21. The van der Waals surface area contributed by atoms with Crippen LogP contribution in [0.1, 0.15) is 19.3 Å². The highest BCUT2D eigenvalue weighted by atomic mass is 15.0. The Balaban J connectivity index is 1.93. The third-order valence-corrected chi connectivity index (χ3v) is 3.81. The quantitative estimate of drug-likeness (QED) is 0.515. The Morgan fingerprint density at radius 3 is 3.36 bits per heavy atom. The second-order valence-corrected chi connectivity index (χ2v) is 4.25. The predicted octanol–water partition coefficient (Wildman–Crippen LogP) is 1.56. The molecular formula is C10H15N. The molecule has 11 heavy (non-hydrogen) atoms. The minimum absolute atomic E-state index is 0.845. The molecule has 1 heteroatoms. The SMILES string of the molecule is C1=C[C@@H]2[C@H](C1)[C@H]1CCN[C@@H]2C1. The number of nitrogens with one attached hydrogen (secondary N) is 1. The highest BCUT2D eigenvalue weighted by Crippen LogP contribution is 2.47. The molecule has 0 spiro atoms. The zero-order valence-electron chi connectivity index (χ0n) is 6.79. The normalized spacial score (nSPS) is 53.1. The molecule has 2 fully saturated rings. The minimum Gasteiger partial charge on any atom is -0.313 e. The Morgan fingerprint density at radius 1 is 1.36 bits per heavy atom. The van der Waals surface area contributed by atoms with E-state index in [1.807, 2.05) is 0 Å². The highest BCUT2D eigenvalue weighted by Gasteiger charge is 2.44. The molecule has 1 heterocycles. The third-order valence-electron chi connectivity index (χ3n) is 3.81. The summed E-state index contributed by atoms with van der Waals surface area (Å²) in [7, 11) is 0. The molecule has 2 aliphatic carbocycles. The number of hydrogen-bond acceptors (Lipinski definition) is 1. The van der Waals surface area contributed by atoms with Crippen LogP contribution >= 0.6 is 0 Å². The van der Waals surface area contributed by atoms with Crippen LogP contribution in [0.2, 0.25) is 0 Å². The fraction of sp³-hybridized carbons (Fsp3) is 0.800. The Morgan fingerprint density at radius 2 is 2.36 bits per heavy atom. The molecule has 0 radical (unpaired) electrons.